The molecule has 0 aliphatic heterocycles. The zero-order chi connectivity index (χ0) is 11.0. The van der Waals surface area contributed by atoms with Crippen LogP contribution in [0.5, 0.6) is 0 Å². The Labute approximate surface area is 111 Å². The van der Waals surface area contributed by atoms with Crippen molar-refractivity contribution in [2.45, 2.75) is 25.2 Å². The molecule has 0 amide bonds. The van der Waals surface area contributed by atoms with E-state index in [9.17, 15) is 0 Å². The number of halogens is 1. The maximum Gasteiger partial charge on any atom is 0.125 e. The van der Waals surface area contributed by atoms with Gasteiger partial charge in [-0.2, -0.15) is 0 Å². The monoisotopic (exact) mass is 266 g/mol. The van der Waals surface area contributed by atoms with Crippen molar-refractivity contribution in [3.8, 4) is 10.6 Å². The minimum Gasteiger partial charge on any atom is -0.398 e. The average molecular weight is 267 g/mol. The van der Waals surface area contributed by atoms with Crippen LogP contribution in [0.2, 0.25) is 0 Å². The van der Waals surface area contributed by atoms with Crippen LogP contribution in [0.1, 0.15) is 30.9 Å². The van der Waals surface area contributed by atoms with Crippen molar-refractivity contribution in [2.75, 3.05) is 5.73 Å². The van der Waals surface area contributed by atoms with Gasteiger partial charge in [-0.25, -0.2) is 4.98 Å². The van der Waals surface area contributed by atoms with Gasteiger partial charge in [0, 0.05) is 22.5 Å². The lowest BCUT2D eigenvalue weighted by molar-refractivity contribution is 0.413. The summed E-state index contributed by atoms with van der Waals surface area (Å²) in [6, 6.07) is 7.94. The second kappa shape index (κ2) is 5.07. The Morgan fingerprint density at radius 2 is 2.00 bits per heavy atom. The molecule has 1 aliphatic rings. The minimum atomic E-state index is 0. The standard InChI is InChI=1S/C13H14N2S.ClH/c14-11-7-2-1-6-10(11)13-15-12(8-16-13)9-4-3-5-9;/h1-2,6-9H,3-5,14H2;1H. The maximum atomic E-state index is 5.95. The first-order chi connectivity index (χ1) is 7.84. The number of para-hydroxylation sites is 1. The molecule has 0 saturated heterocycles. The molecule has 1 aromatic carbocycles. The number of nitrogen functional groups attached to an aromatic ring is 1. The predicted molar refractivity (Wildman–Crippen MR) is 75.8 cm³/mol. The summed E-state index contributed by atoms with van der Waals surface area (Å²) in [6.45, 7) is 0. The zero-order valence-corrected chi connectivity index (χ0v) is 11.1. The highest BCUT2D eigenvalue weighted by molar-refractivity contribution is 7.13. The van der Waals surface area contributed by atoms with Gasteiger partial charge in [0.25, 0.3) is 0 Å². The van der Waals surface area contributed by atoms with Gasteiger partial charge < -0.3 is 5.73 Å². The molecular weight excluding hydrogens is 252 g/mol. The van der Waals surface area contributed by atoms with Crippen LogP contribution >= 0.6 is 23.7 Å². The van der Waals surface area contributed by atoms with Crippen LogP contribution in [0.15, 0.2) is 29.6 Å². The highest BCUT2D eigenvalue weighted by atomic mass is 35.5. The molecule has 4 heteroatoms. The fraction of sp³-hybridized carbons (Fsp3) is 0.308. The number of thiazole rings is 1. The lowest BCUT2D eigenvalue weighted by Gasteiger charge is -2.23. The van der Waals surface area contributed by atoms with Gasteiger partial charge in [0.2, 0.25) is 0 Å². The first kappa shape index (κ1) is 12.4. The molecule has 2 aromatic rings. The molecular formula is C13H15ClN2S. The highest BCUT2D eigenvalue weighted by Crippen LogP contribution is 2.38. The van der Waals surface area contributed by atoms with Crippen LogP contribution in [0.4, 0.5) is 5.69 Å². The number of aromatic nitrogens is 1. The van der Waals surface area contributed by atoms with Gasteiger partial charge in [0.05, 0.1) is 5.69 Å². The van der Waals surface area contributed by atoms with E-state index in [0.29, 0.717) is 5.92 Å². The number of anilines is 1. The molecule has 0 spiro atoms. The molecule has 3 rings (SSSR count). The Hall–Kier alpha value is -1.06. The summed E-state index contributed by atoms with van der Waals surface area (Å²) in [4.78, 5) is 4.70. The van der Waals surface area contributed by atoms with E-state index < -0.39 is 0 Å². The Morgan fingerprint density at radius 3 is 2.65 bits per heavy atom. The molecule has 17 heavy (non-hydrogen) atoms. The van der Waals surface area contributed by atoms with Gasteiger partial charge in [0.1, 0.15) is 5.01 Å². The Morgan fingerprint density at radius 1 is 1.24 bits per heavy atom. The van der Waals surface area contributed by atoms with Crippen molar-refractivity contribution in [3.05, 3.63) is 35.3 Å². The van der Waals surface area contributed by atoms with Crippen LogP contribution < -0.4 is 5.73 Å². The smallest absolute Gasteiger partial charge is 0.125 e. The van der Waals surface area contributed by atoms with E-state index in [4.69, 9.17) is 10.7 Å². The first-order valence-corrected chi connectivity index (χ1v) is 6.53. The van der Waals surface area contributed by atoms with E-state index in [-0.39, 0.29) is 12.4 Å². The zero-order valence-electron chi connectivity index (χ0n) is 9.43. The maximum absolute atomic E-state index is 5.95. The summed E-state index contributed by atoms with van der Waals surface area (Å²) in [6.07, 6.45) is 3.95. The Kier molecular flexibility index (Phi) is 3.69. The summed E-state index contributed by atoms with van der Waals surface area (Å²) in [5, 5.41) is 3.24. The fourth-order valence-corrected chi connectivity index (χ4v) is 2.94. The van der Waals surface area contributed by atoms with Gasteiger partial charge in [0.15, 0.2) is 0 Å². The van der Waals surface area contributed by atoms with Gasteiger partial charge in [-0.05, 0) is 25.0 Å². The third-order valence-corrected chi connectivity index (χ3v) is 4.13. The first-order valence-electron chi connectivity index (χ1n) is 5.65. The van der Waals surface area contributed by atoms with E-state index in [0.717, 1.165) is 16.3 Å². The third-order valence-electron chi connectivity index (χ3n) is 3.24. The SMILES string of the molecule is Cl.Nc1ccccc1-c1nc(C2CCC2)cs1. The molecule has 0 bridgehead atoms. The van der Waals surface area contributed by atoms with Gasteiger partial charge in [-0.3, -0.25) is 0 Å². The number of hydrogen-bond donors (Lipinski definition) is 1. The minimum absolute atomic E-state index is 0. The summed E-state index contributed by atoms with van der Waals surface area (Å²) >= 11 is 1.70. The molecule has 2 N–H and O–H groups in total. The van der Waals surface area contributed by atoms with Crippen LogP contribution in [-0.4, -0.2) is 4.98 Å². The summed E-state index contributed by atoms with van der Waals surface area (Å²) < 4.78 is 0. The lowest BCUT2D eigenvalue weighted by Crippen LogP contribution is -2.08. The summed E-state index contributed by atoms with van der Waals surface area (Å²) in [5.41, 5.74) is 9.09. The van der Waals surface area contributed by atoms with Crippen molar-refractivity contribution >= 4 is 29.4 Å². The molecule has 1 heterocycles. The number of benzene rings is 1. The van der Waals surface area contributed by atoms with E-state index in [1.165, 1.54) is 25.0 Å². The van der Waals surface area contributed by atoms with Gasteiger partial charge in [-0.15, -0.1) is 23.7 Å². The van der Waals surface area contributed by atoms with Gasteiger partial charge >= 0.3 is 0 Å². The normalized spacial score (nSPS) is 15.1. The van der Waals surface area contributed by atoms with E-state index in [1.807, 2.05) is 24.3 Å². The van der Waals surface area contributed by atoms with E-state index in [2.05, 4.69) is 5.38 Å². The second-order valence-electron chi connectivity index (χ2n) is 4.29. The quantitative estimate of drug-likeness (QED) is 0.832. The van der Waals surface area contributed by atoms with Crippen molar-refractivity contribution < 1.29 is 0 Å². The van der Waals surface area contributed by atoms with E-state index >= 15 is 0 Å². The summed E-state index contributed by atoms with van der Waals surface area (Å²) in [7, 11) is 0. The van der Waals surface area contributed by atoms with E-state index in [1.54, 1.807) is 11.3 Å². The van der Waals surface area contributed by atoms with Gasteiger partial charge in [-0.1, -0.05) is 18.6 Å². The molecule has 1 saturated carbocycles. The number of nitrogens with two attached hydrogens (primary N) is 1. The molecule has 2 nitrogen and oxygen atoms in total. The highest BCUT2D eigenvalue weighted by Gasteiger charge is 2.22. The molecule has 0 unspecified atom stereocenters. The average Bonchev–Trinajstić information content (AvgIpc) is 2.65. The van der Waals surface area contributed by atoms with Crippen molar-refractivity contribution in [1.82, 2.24) is 4.98 Å². The summed E-state index contributed by atoms with van der Waals surface area (Å²) in [5.74, 6) is 0.704. The second-order valence-corrected chi connectivity index (χ2v) is 5.15. The lowest BCUT2D eigenvalue weighted by atomic mass is 9.83. The topological polar surface area (TPSA) is 38.9 Å². The van der Waals surface area contributed by atoms with Crippen molar-refractivity contribution in [1.29, 1.82) is 0 Å². The van der Waals surface area contributed by atoms with Crippen molar-refractivity contribution in [3.63, 3.8) is 0 Å². The van der Waals surface area contributed by atoms with Crippen molar-refractivity contribution in [2.24, 2.45) is 0 Å². The molecule has 1 aromatic heterocycles. The molecule has 90 valence electrons. The van der Waals surface area contributed by atoms with Crippen LogP contribution in [-0.2, 0) is 0 Å². The Bertz CT molecular complexity index is 506. The number of nitrogens with zero attached hydrogens (tertiary/aromatic N) is 1. The third kappa shape index (κ3) is 2.31. The number of hydrogen-bond acceptors (Lipinski definition) is 3. The number of rotatable bonds is 2. The Balaban J connectivity index is 0.00000108. The predicted octanol–water partition coefficient (Wildman–Crippen LogP) is 4.08. The van der Waals surface area contributed by atoms with Crippen LogP contribution in [0.3, 0.4) is 0 Å². The largest absolute Gasteiger partial charge is 0.398 e. The molecule has 0 atom stereocenters. The molecule has 0 radical (unpaired) electrons. The fourth-order valence-electron chi connectivity index (χ4n) is 1.99. The van der Waals surface area contributed by atoms with Crippen LogP contribution in [0, 0.1) is 0 Å². The molecule has 1 fully saturated rings. The van der Waals surface area contributed by atoms with Crippen LogP contribution in [0.25, 0.3) is 10.6 Å². The molecule has 1 aliphatic carbocycles.